The van der Waals surface area contributed by atoms with Crippen LogP contribution in [0.1, 0.15) is 33.1 Å². The Morgan fingerprint density at radius 2 is 1.12 bits per heavy atom. The first-order valence-corrected chi connectivity index (χ1v) is 9.90. The molecule has 0 aromatic carbocycles. The largest absolute Gasteiger partial charge is 0.480 e. The molecule has 0 rings (SSSR count). The molecule has 14 heteroatoms. The van der Waals surface area contributed by atoms with E-state index in [0.29, 0.717) is 0 Å². The summed E-state index contributed by atoms with van der Waals surface area (Å²) in [6.07, 6.45) is 4.00. The summed E-state index contributed by atoms with van der Waals surface area (Å²) in [5, 5.41) is 0. The normalized spacial score (nSPS) is 14.0. The van der Waals surface area contributed by atoms with Crippen LogP contribution in [-0.4, -0.2) is 59.5 Å². The van der Waals surface area contributed by atoms with Crippen molar-refractivity contribution in [2.75, 3.05) is 27.2 Å². The molecule has 0 aliphatic heterocycles. The zero-order chi connectivity index (χ0) is 20.7. The minimum Gasteiger partial charge on any atom is -0.421 e. The van der Waals surface area contributed by atoms with Gasteiger partial charge in [0.2, 0.25) is 0 Å². The Kier molecular flexibility index (Phi) is 9.98. The van der Waals surface area contributed by atoms with Crippen molar-refractivity contribution >= 4 is 20.0 Å². The maximum absolute atomic E-state index is 11.4. The second kappa shape index (κ2) is 9.37. The number of hydrogen-bond acceptors (Lipinski definition) is 4. The first-order valence-electron chi connectivity index (χ1n) is 7.02. The fourth-order valence-corrected chi connectivity index (χ4v) is 3.23. The molecule has 0 aromatic heterocycles. The van der Waals surface area contributed by atoms with Crippen LogP contribution >= 0.6 is 0 Å². The van der Waals surface area contributed by atoms with Gasteiger partial charge >= 0.3 is 11.0 Å². The summed E-state index contributed by atoms with van der Waals surface area (Å²) in [5.41, 5.74) is -12.4. The van der Waals surface area contributed by atoms with Crippen LogP contribution in [0.5, 0.6) is 0 Å². The Hall–Kier alpha value is -0.600. The van der Waals surface area contributed by atoms with Crippen LogP contribution in [0.3, 0.4) is 0 Å². The molecule has 0 spiro atoms. The SMILES string of the molecule is CCCC[N+](C)(C)CCC.O=S(=O)([N-]S(=O)(=O)C(F)(F)F)C(F)(F)F. The minimum absolute atomic E-state index is 0.778. The van der Waals surface area contributed by atoms with E-state index < -0.39 is 31.1 Å². The number of sulfonamides is 2. The standard InChI is InChI=1S/C9H22N.C2F6NO4S2/c1-5-7-9-10(3,4)8-6-2;3-1(4,5)14(10,11)9-15(12,13)2(6,7)8/h5-9H2,1-4H3;/q+1;-1. The topological polar surface area (TPSA) is 82.4 Å². The van der Waals surface area contributed by atoms with E-state index in [1.165, 1.54) is 36.8 Å². The predicted octanol–water partition coefficient (Wildman–Crippen LogP) is 3.33. The molecule has 0 atom stereocenters. The summed E-state index contributed by atoms with van der Waals surface area (Å²) >= 11 is 0. The van der Waals surface area contributed by atoms with Crippen LogP contribution in [0.2, 0.25) is 0 Å². The van der Waals surface area contributed by atoms with E-state index in [2.05, 4.69) is 27.9 Å². The summed E-state index contributed by atoms with van der Waals surface area (Å²) < 4.78 is 110. The lowest BCUT2D eigenvalue weighted by Gasteiger charge is -2.29. The summed E-state index contributed by atoms with van der Waals surface area (Å²) in [5.74, 6) is 0. The summed E-state index contributed by atoms with van der Waals surface area (Å²) in [4.78, 5) is 0. The van der Waals surface area contributed by atoms with Crippen molar-refractivity contribution in [1.29, 1.82) is 0 Å². The quantitative estimate of drug-likeness (QED) is 0.464. The molecule has 0 saturated heterocycles. The highest BCUT2D eigenvalue weighted by Gasteiger charge is 2.46. The summed E-state index contributed by atoms with van der Waals surface area (Å²) in [7, 11) is -8.81. The number of unbranched alkanes of at least 4 members (excludes halogenated alkanes) is 1. The molecule has 0 unspecified atom stereocenters. The van der Waals surface area contributed by atoms with Crippen LogP contribution < -0.4 is 0 Å². The van der Waals surface area contributed by atoms with Gasteiger partial charge in [-0.05, 0) is 12.8 Å². The van der Waals surface area contributed by atoms with Crippen LogP contribution in [0, 0.1) is 0 Å². The Morgan fingerprint density at radius 1 is 0.760 bits per heavy atom. The molecule has 0 aromatic rings. The molecule has 0 fully saturated rings. The third kappa shape index (κ3) is 10.2. The lowest BCUT2D eigenvalue weighted by atomic mass is 10.3. The van der Waals surface area contributed by atoms with Gasteiger partial charge in [-0.2, -0.15) is 26.3 Å². The lowest BCUT2D eigenvalue weighted by molar-refractivity contribution is -0.890. The summed E-state index contributed by atoms with van der Waals surface area (Å²) in [6.45, 7) is 7.17. The molecular formula is C11H22F6N2O4S2. The fraction of sp³-hybridized carbons (Fsp3) is 1.00. The van der Waals surface area contributed by atoms with Crippen LogP contribution in [-0.2, 0) is 20.0 Å². The van der Waals surface area contributed by atoms with E-state index in [4.69, 9.17) is 0 Å². The van der Waals surface area contributed by atoms with E-state index >= 15 is 0 Å². The maximum Gasteiger partial charge on any atom is 0.480 e. The van der Waals surface area contributed by atoms with Gasteiger partial charge in [-0.3, -0.25) is 0 Å². The summed E-state index contributed by atoms with van der Waals surface area (Å²) in [6, 6.07) is 0. The van der Waals surface area contributed by atoms with Gasteiger partial charge in [0.15, 0.2) is 20.0 Å². The Labute approximate surface area is 143 Å². The van der Waals surface area contributed by atoms with Gasteiger partial charge in [0.05, 0.1) is 27.2 Å². The molecule has 0 amide bonds. The molecule has 0 aliphatic rings. The molecule has 154 valence electrons. The number of halogens is 6. The predicted molar refractivity (Wildman–Crippen MR) is 80.4 cm³/mol. The van der Waals surface area contributed by atoms with Gasteiger partial charge in [-0.1, -0.05) is 20.3 Å². The average molecular weight is 424 g/mol. The third-order valence-electron chi connectivity index (χ3n) is 2.73. The van der Waals surface area contributed by atoms with Gasteiger partial charge in [-0.15, -0.1) is 0 Å². The van der Waals surface area contributed by atoms with Gasteiger partial charge in [-0.25, -0.2) is 16.8 Å². The molecular weight excluding hydrogens is 402 g/mol. The first-order chi connectivity index (χ1) is 10.8. The zero-order valence-electron chi connectivity index (χ0n) is 14.1. The molecule has 0 radical (unpaired) electrons. The van der Waals surface area contributed by atoms with Crippen molar-refractivity contribution in [3.05, 3.63) is 4.13 Å². The Bertz CT molecular complexity index is 555. The monoisotopic (exact) mass is 424 g/mol. The van der Waals surface area contributed by atoms with Crippen molar-refractivity contribution in [3.8, 4) is 0 Å². The van der Waals surface area contributed by atoms with Gasteiger partial charge < -0.3 is 8.61 Å². The van der Waals surface area contributed by atoms with E-state index in [9.17, 15) is 43.2 Å². The maximum atomic E-state index is 11.4. The highest BCUT2D eigenvalue weighted by Crippen LogP contribution is 2.36. The van der Waals surface area contributed by atoms with Crippen molar-refractivity contribution in [1.82, 2.24) is 0 Å². The molecule has 6 nitrogen and oxygen atoms in total. The second-order valence-electron chi connectivity index (χ2n) is 5.65. The van der Waals surface area contributed by atoms with Crippen molar-refractivity contribution in [3.63, 3.8) is 0 Å². The molecule has 0 bridgehead atoms. The van der Waals surface area contributed by atoms with Crippen molar-refractivity contribution in [2.24, 2.45) is 0 Å². The van der Waals surface area contributed by atoms with E-state index in [1.807, 2.05) is 0 Å². The third-order valence-corrected chi connectivity index (χ3v) is 5.47. The first kappa shape index (κ1) is 26.6. The lowest BCUT2D eigenvalue weighted by Crippen LogP contribution is -2.40. The molecule has 0 aliphatic carbocycles. The second-order valence-corrected chi connectivity index (χ2v) is 9.08. The average Bonchev–Trinajstić information content (AvgIpc) is 2.33. The van der Waals surface area contributed by atoms with E-state index in [1.54, 1.807) is 0 Å². The number of nitrogens with zero attached hydrogens (tertiary/aromatic N) is 2. The van der Waals surface area contributed by atoms with Gasteiger partial charge in [0.1, 0.15) is 0 Å². The zero-order valence-corrected chi connectivity index (χ0v) is 15.8. The Morgan fingerprint density at radius 3 is 1.36 bits per heavy atom. The number of rotatable bonds is 7. The molecule has 25 heavy (non-hydrogen) atoms. The highest BCUT2D eigenvalue weighted by molar-refractivity contribution is 8.13. The van der Waals surface area contributed by atoms with Crippen LogP contribution in [0.4, 0.5) is 26.3 Å². The van der Waals surface area contributed by atoms with Crippen molar-refractivity contribution in [2.45, 2.75) is 44.1 Å². The van der Waals surface area contributed by atoms with E-state index in [0.717, 1.165) is 4.13 Å². The van der Waals surface area contributed by atoms with Crippen molar-refractivity contribution < 1.29 is 47.7 Å². The number of hydrogen-bond donors (Lipinski definition) is 0. The molecule has 0 heterocycles. The van der Waals surface area contributed by atoms with Crippen LogP contribution in [0.15, 0.2) is 0 Å². The molecule has 0 N–H and O–H groups in total. The Balaban J connectivity index is 0. The molecule has 0 saturated carbocycles. The van der Waals surface area contributed by atoms with Gasteiger partial charge in [0.25, 0.3) is 0 Å². The number of quaternary nitrogens is 1. The minimum atomic E-state index is -6.72. The van der Waals surface area contributed by atoms with Gasteiger partial charge in [0, 0.05) is 0 Å². The highest BCUT2D eigenvalue weighted by atomic mass is 32.3. The fourth-order valence-electron chi connectivity index (χ4n) is 1.52. The van der Waals surface area contributed by atoms with Crippen LogP contribution in [0.25, 0.3) is 4.13 Å². The number of alkyl halides is 6. The van der Waals surface area contributed by atoms with E-state index in [-0.39, 0.29) is 0 Å². The smallest absolute Gasteiger partial charge is 0.421 e.